The highest BCUT2D eigenvalue weighted by molar-refractivity contribution is 7.13. The summed E-state index contributed by atoms with van der Waals surface area (Å²) < 4.78 is 0. The van der Waals surface area contributed by atoms with Crippen LogP contribution in [0.4, 0.5) is 0 Å². The van der Waals surface area contributed by atoms with E-state index in [4.69, 9.17) is 16.5 Å². The van der Waals surface area contributed by atoms with Crippen LogP contribution in [0.1, 0.15) is 11.1 Å². The molecule has 2 aromatic carbocycles. The molecule has 0 radical (unpaired) electrons. The molecular formula is C22H22N4S2. The highest BCUT2D eigenvalue weighted by atomic mass is 32.1. The van der Waals surface area contributed by atoms with E-state index >= 15 is 0 Å². The van der Waals surface area contributed by atoms with Crippen LogP contribution in [-0.4, -0.2) is 23.1 Å². The molecule has 28 heavy (non-hydrogen) atoms. The number of nitrogens with zero attached hydrogens (tertiary/aromatic N) is 2. The largest absolute Gasteiger partial charge is 0.330 e. The van der Waals surface area contributed by atoms with Gasteiger partial charge in [0.25, 0.3) is 0 Å². The molecule has 0 saturated carbocycles. The van der Waals surface area contributed by atoms with Gasteiger partial charge in [0.15, 0.2) is 0 Å². The first-order valence-electron chi connectivity index (χ1n) is 9.26. The van der Waals surface area contributed by atoms with Crippen LogP contribution < -0.4 is 11.5 Å². The predicted octanol–water partition coefficient (Wildman–Crippen LogP) is 4.60. The van der Waals surface area contributed by atoms with Crippen LogP contribution in [0.25, 0.3) is 32.4 Å². The summed E-state index contributed by atoms with van der Waals surface area (Å²) in [6.07, 6.45) is 3.55. The van der Waals surface area contributed by atoms with Crippen molar-refractivity contribution in [1.82, 2.24) is 9.97 Å². The monoisotopic (exact) mass is 406 g/mol. The first-order chi connectivity index (χ1) is 13.8. The molecule has 4 nitrogen and oxygen atoms in total. The van der Waals surface area contributed by atoms with Crippen molar-refractivity contribution in [2.45, 2.75) is 12.8 Å². The van der Waals surface area contributed by atoms with Crippen LogP contribution in [0.2, 0.25) is 0 Å². The topological polar surface area (TPSA) is 77.8 Å². The number of hydrogen-bond acceptors (Lipinski definition) is 6. The Morgan fingerprint density at radius 1 is 0.786 bits per heavy atom. The summed E-state index contributed by atoms with van der Waals surface area (Å²) >= 11 is 3.31. The molecule has 0 aliphatic rings. The number of rotatable bonds is 7. The third-order valence-electron chi connectivity index (χ3n) is 4.51. The molecule has 2 aromatic heterocycles. The summed E-state index contributed by atoms with van der Waals surface area (Å²) in [5.41, 5.74) is 18.4. The second-order valence-corrected chi connectivity index (χ2v) is 8.32. The average Bonchev–Trinajstić information content (AvgIpc) is 3.41. The Morgan fingerprint density at radius 3 is 2.14 bits per heavy atom. The van der Waals surface area contributed by atoms with Crippen molar-refractivity contribution in [1.29, 1.82) is 0 Å². The molecule has 0 amide bonds. The first kappa shape index (κ1) is 19.0. The third-order valence-corrected chi connectivity index (χ3v) is 6.22. The Kier molecular flexibility index (Phi) is 5.92. The molecule has 0 aliphatic carbocycles. The highest BCUT2D eigenvalue weighted by Gasteiger charge is 2.10. The molecule has 4 aromatic rings. The summed E-state index contributed by atoms with van der Waals surface area (Å²) in [5, 5.41) is 6.16. The standard InChI is InChI=1S/C22H22N4S2/c23-6-4-15-10-16(5-7-24)12-19(11-15)20-14-28-22(26-20)18-3-1-2-17(13-18)21-25-8-9-27-21/h1-3,8-14H,4-7,23-24H2. The van der Waals surface area contributed by atoms with Gasteiger partial charge in [0, 0.05) is 33.6 Å². The van der Waals surface area contributed by atoms with Crippen molar-refractivity contribution in [3.63, 3.8) is 0 Å². The van der Waals surface area contributed by atoms with Crippen molar-refractivity contribution in [2.75, 3.05) is 13.1 Å². The molecule has 2 heterocycles. The van der Waals surface area contributed by atoms with E-state index < -0.39 is 0 Å². The van der Waals surface area contributed by atoms with Gasteiger partial charge in [-0.15, -0.1) is 22.7 Å². The lowest BCUT2D eigenvalue weighted by Gasteiger charge is -2.07. The van der Waals surface area contributed by atoms with E-state index in [-0.39, 0.29) is 0 Å². The van der Waals surface area contributed by atoms with E-state index in [9.17, 15) is 0 Å². The third kappa shape index (κ3) is 4.20. The summed E-state index contributed by atoms with van der Waals surface area (Å²) in [6, 6.07) is 15.0. The number of thiazole rings is 2. The van der Waals surface area contributed by atoms with E-state index in [1.165, 1.54) is 11.1 Å². The van der Waals surface area contributed by atoms with E-state index in [0.29, 0.717) is 13.1 Å². The number of aromatic nitrogens is 2. The zero-order valence-corrected chi connectivity index (χ0v) is 17.1. The van der Waals surface area contributed by atoms with Gasteiger partial charge in [0.05, 0.1) is 5.69 Å². The molecule has 142 valence electrons. The summed E-state index contributed by atoms with van der Waals surface area (Å²) in [5.74, 6) is 0. The zero-order chi connectivity index (χ0) is 19.3. The lowest BCUT2D eigenvalue weighted by molar-refractivity contribution is 0.941. The maximum atomic E-state index is 5.77. The number of hydrogen-bond donors (Lipinski definition) is 2. The Bertz CT molecular complexity index is 1030. The van der Waals surface area contributed by atoms with Gasteiger partial charge in [-0.05, 0) is 55.3 Å². The lowest BCUT2D eigenvalue weighted by Crippen LogP contribution is -2.06. The SMILES string of the molecule is NCCc1cc(CCN)cc(-c2csc(-c3cccc(-c4nccs4)c3)n2)c1. The first-order valence-corrected chi connectivity index (χ1v) is 11.0. The van der Waals surface area contributed by atoms with Crippen molar-refractivity contribution >= 4 is 22.7 Å². The van der Waals surface area contributed by atoms with Gasteiger partial charge in [0.2, 0.25) is 0 Å². The molecule has 0 spiro atoms. The van der Waals surface area contributed by atoms with Crippen LogP contribution in [-0.2, 0) is 12.8 Å². The molecule has 0 fully saturated rings. The van der Waals surface area contributed by atoms with Crippen molar-refractivity contribution < 1.29 is 0 Å². The van der Waals surface area contributed by atoms with E-state index in [0.717, 1.165) is 45.2 Å². The van der Waals surface area contributed by atoms with Crippen molar-refractivity contribution in [3.05, 3.63) is 70.5 Å². The van der Waals surface area contributed by atoms with Gasteiger partial charge < -0.3 is 11.5 Å². The Morgan fingerprint density at radius 2 is 1.50 bits per heavy atom. The summed E-state index contributed by atoms with van der Waals surface area (Å²) in [6.45, 7) is 1.27. The van der Waals surface area contributed by atoms with Crippen LogP contribution in [0.15, 0.2) is 59.4 Å². The van der Waals surface area contributed by atoms with Gasteiger partial charge >= 0.3 is 0 Å². The summed E-state index contributed by atoms with van der Waals surface area (Å²) in [4.78, 5) is 9.32. The van der Waals surface area contributed by atoms with E-state index in [1.54, 1.807) is 22.7 Å². The molecule has 0 bridgehead atoms. The molecule has 0 atom stereocenters. The fourth-order valence-corrected chi connectivity index (χ4v) is 4.68. The Balaban J connectivity index is 1.67. The minimum absolute atomic E-state index is 0.636. The quantitative estimate of drug-likeness (QED) is 0.470. The van der Waals surface area contributed by atoms with Gasteiger partial charge in [-0.1, -0.05) is 24.3 Å². The lowest BCUT2D eigenvalue weighted by atomic mass is 10.0. The summed E-state index contributed by atoms with van der Waals surface area (Å²) in [7, 11) is 0. The molecule has 6 heteroatoms. The van der Waals surface area contributed by atoms with Crippen LogP contribution in [0, 0.1) is 0 Å². The van der Waals surface area contributed by atoms with Crippen molar-refractivity contribution in [3.8, 4) is 32.4 Å². The molecule has 4 rings (SSSR count). The maximum absolute atomic E-state index is 5.77. The molecule has 0 unspecified atom stereocenters. The zero-order valence-electron chi connectivity index (χ0n) is 15.5. The van der Waals surface area contributed by atoms with Crippen molar-refractivity contribution in [2.24, 2.45) is 11.5 Å². The molecule has 0 aliphatic heterocycles. The van der Waals surface area contributed by atoms with Crippen LogP contribution >= 0.6 is 22.7 Å². The average molecular weight is 407 g/mol. The van der Waals surface area contributed by atoms with Gasteiger partial charge in [-0.2, -0.15) is 0 Å². The second kappa shape index (κ2) is 8.75. The number of benzene rings is 2. The van der Waals surface area contributed by atoms with Crippen LogP contribution in [0.5, 0.6) is 0 Å². The molecular weight excluding hydrogens is 384 g/mol. The molecule has 0 saturated heterocycles. The maximum Gasteiger partial charge on any atom is 0.124 e. The smallest absolute Gasteiger partial charge is 0.124 e. The fourth-order valence-electron chi connectivity index (χ4n) is 3.22. The highest BCUT2D eigenvalue weighted by Crippen LogP contribution is 2.32. The van der Waals surface area contributed by atoms with E-state index in [2.05, 4.69) is 52.8 Å². The normalized spacial score (nSPS) is 11.1. The number of nitrogens with two attached hydrogens (primary N) is 2. The van der Waals surface area contributed by atoms with E-state index in [1.807, 2.05) is 11.6 Å². The minimum Gasteiger partial charge on any atom is -0.330 e. The second-order valence-electron chi connectivity index (χ2n) is 6.57. The van der Waals surface area contributed by atoms with Crippen LogP contribution in [0.3, 0.4) is 0 Å². The molecule has 4 N–H and O–H groups in total. The van der Waals surface area contributed by atoms with Gasteiger partial charge in [0.1, 0.15) is 10.0 Å². The van der Waals surface area contributed by atoms with Gasteiger partial charge in [-0.25, -0.2) is 9.97 Å². The Labute approximate surface area is 172 Å². The predicted molar refractivity (Wildman–Crippen MR) is 120 cm³/mol. The Hall–Kier alpha value is -2.38. The minimum atomic E-state index is 0.636. The fraction of sp³-hybridized carbons (Fsp3) is 0.182. The van der Waals surface area contributed by atoms with Gasteiger partial charge in [-0.3, -0.25) is 0 Å².